The van der Waals surface area contributed by atoms with Crippen LogP contribution in [0.3, 0.4) is 0 Å². The maximum atomic E-state index is 12.8. The van der Waals surface area contributed by atoms with Gasteiger partial charge in [-0.1, -0.05) is 20.8 Å². The van der Waals surface area contributed by atoms with Crippen LogP contribution in [0, 0.1) is 5.41 Å². The average Bonchev–Trinajstić information content (AvgIpc) is 2.80. The number of ether oxygens (including phenoxy) is 1. The number of nitrogens with one attached hydrogen (secondary N) is 1. The van der Waals surface area contributed by atoms with Crippen LogP contribution in [0.15, 0.2) is 0 Å². The third-order valence-electron chi connectivity index (χ3n) is 3.59. The summed E-state index contributed by atoms with van der Waals surface area (Å²) in [6.07, 6.45) is 0.396. The molecule has 0 saturated carbocycles. The molecular weight excluding hydrogens is 300 g/mol. The summed E-state index contributed by atoms with van der Waals surface area (Å²) in [5, 5.41) is 11.9. The molecule has 2 N–H and O–H groups in total. The Morgan fingerprint density at radius 2 is 1.74 bits per heavy atom. The van der Waals surface area contributed by atoms with Crippen LogP contribution < -0.4 is 5.32 Å². The molecule has 2 atom stereocenters. The Morgan fingerprint density at radius 1 is 1.17 bits per heavy atom. The highest BCUT2D eigenvalue weighted by Crippen LogP contribution is 2.26. The van der Waals surface area contributed by atoms with E-state index >= 15 is 0 Å². The number of rotatable bonds is 3. The summed E-state index contributed by atoms with van der Waals surface area (Å²) in [6, 6.07) is -1.68. The SMILES string of the molecule is CC(C)(C)OC(=O)NC(C(=O)N1CCC[C@H]1C(=O)O)C(C)(C)C. The molecule has 23 heavy (non-hydrogen) atoms. The van der Waals surface area contributed by atoms with Crippen LogP contribution in [0.2, 0.25) is 0 Å². The van der Waals surface area contributed by atoms with Gasteiger partial charge in [-0.15, -0.1) is 0 Å². The lowest BCUT2D eigenvalue weighted by molar-refractivity contribution is -0.150. The highest BCUT2D eigenvalue weighted by Gasteiger charge is 2.42. The monoisotopic (exact) mass is 328 g/mol. The predicted molar refractivity (Wildman–Crippen MR) is 85.0 cm³/mol. The fourth-order valence-electron chi connectivity index (χ4n) is 2.53. The van der Waals surface area contributed by atoms with Crippen LogP contribution in [0.1, 0.15) is 54.4 Å². The molecule has 1 rings (SSSR count). The zero-order valence-corrected chi connectivity index (χ0v) is 14.8. The van der Waals surface area contributed by atoms with E-state index in [1.54, 1.807) is 20.8 Å². The summed E-state index contributed by atoms with van der Waals surface area (Å²) in [4.78, 5) is 37.5. The molecule has 1 unspecified atom stereocenters. The number of hydrogen-bond donors (Lipinski definition) is 2. The molecule has 132 valence electrons. The van der Waals surface area contributed by atoms with Gasteiger partial charge >= 0.3 is 12.1 Å². The lowest BCUT2D eigenvalue weighted by atomic mass is 9.85. The Balaban J connectivity index is 2.92. The minimum absolute atomic E-state index is 0.381. The van der Waals surface area contributed by atoms with Crippen LogP contribution in [-0.4, -0.2) is 52.2 Å². The average molecular weight is 328 g/mol. The topological polar surface area (TPSA) is 95.9 Å². The van der Waals surface area contributed by atoms with Crippen molar-refractivity contribution in [3.05, 3.63) is 0 Å². The van der Waals surface area contributed by atoms with Crippen molar-refractivity contribution in [2.24, 2.45) is 5.41 Å². The van der Waals surface area contributed by atoms with Crippen molar-refractivity contribution in [2.75, 3.05) is 6.54 Å². The summed E-state index contributed by atoms with van der Waals surface area (Å²) in [5.41, 5.74) is -1.24. The van der Waals surface area contributed by atoms with Crippen molar-refractivity contribution < 1.29 is 24.2 Å². The fraction of sp³-hybridized carbons (Fsp3) is 0.812. The van der Waals surface area contributed by atoms with E-state index in [2.05, 4.69) is 5.32 Å². The molecule has 7 nitrogen and oxygen atoms in total. The fourth-order valence-corrected chi connectivity index (χ4v) is 2.53. The minimum Gasteiger partial charge on any atom is -0.480 e. The summed E-state index contributed by atoms with van der Waals surface area (Å²) in [6.45, 7) is 11.1. The molecule has 1 saturated heterocycles. The first-order valence-electron chi connectivity index (χ1n) is 7.86. The highest BCUT2D eigenvalue weighted by atomic mass is 16.6. The molecule has 0 radical (unpaired) electrons. The van der Waals surface area contributed by atoms with E-state index in [9.17, 15) is 19.5 Å². The van der Waals surface area contributed by atoms with E-state index < -0.39 is 35.2 Å². The minimum atomic E-state index is -1.01. The van der Waals surface area contributed by atoms with E-state index in [4.69, 9.17) is 4.74 Å². The van der Waals surface area contributed by atoms with Gasteiger partial charge in [0.05, 0.1) is 0 Å². The van der Waals surface area contributed by atoms with Gasteiger partial charge in [0.1, 0.15) is 17.7 Å². The van der Waals surface area contributed by atoms with Gasteiger partial charge in [0.25, 0.3) is 0 Å². The van der Waals surface area contributed by atoms with Gasteiger partial charge in [-0.05, 0) is 39.0 Å². The van der Waals surface area contributed by atoms with Gasteiger partial charge in [-0.2, -0.15) is 0 Å². The molecule has 1 aliphatic rings. The van der Waals surface area contributed by atoms with Gasteiger partial charge in [0.15, 0.2) is 0 Å². The number of amides is 2. The number of carbonyl (C=O) groups excluding carboxylic acids is 2. The van der Waals surface area contributed by atoms with Gasteiger partial charge in [-0.25, -0.2) is 9.59 Å². The van der Waals surface area contributed by atoms with E-state index in [-0.39, 0.29) is 5.91 Å². The predicted octanol–water partition coefficient (Wildman–Crippen LogP) is 2.00. The molecule has 0 spiro atoms. The highest BCUT2D eigenvalue weighted by molar-refractivity contribution is 5.90. The number of carbonyl (C=O) groups is 3. The quantitative estimate of drug-likeness (QED) is 0.826. The van der Waals surface area contributed by atoms with E-state index in [0.29, 0.717) is 19.4 Å². The van der Waals surface area contributed by atoms with Crippen molar-refractivity contribution >= 4 is 18.0 Å². The molecule has 1 heterocycles. The van der Waals surface area contributed by atoms with Gasteiger partial charge in [0.2, 0.25) is 5.91 Å². The Hall–Kier alpha value is -1.79. The standard InChI is InChI=1S/C16H28N2O5/c1-15(2,3)11(17-14(22)23-16(4,5)6)12(19)18-9-7-8-10(18)13(20)21/h10-11H,7-9H2,1-6H3,(H,17,22)(H,20,21)/t10-,11?/m0/s1. The van der Waals surface area contributed by atoms with E-state index in [1.165, 1.54) is 4.90 Å². The first-order chi connectivity index (χ1) is 10.3. The molecule has 0 aromatic rings. The molecule has 0 aromatic carbocycles. The van der Waals surface area contributed by atoms with E-state index in [1.807, 2.05) is 20.8 Å². The molecular formula is C16H28N2O5. The third kappa shape index (κ3) is 5.41. The zero-order chi connectivity index (χ0) is 18.0. The molecule has 7 heteroatoms. The number of likely N-dealkylation sites (tertiary alicyclic amines) is 1. The molecule has 0 bridgehead atoms. The molecule has 1 aliphatic heterocycles. The van der Waals surface area contributed by atoms with Gasteiger partial charge < -0.3 is 20.1 Å². The second-order valence-corrected chi connectivity index (χ2v) is 7.97. The molecule has 0 aromatic heterocycles. The maximum absolute atomic E-state index is 12.8. The van der Waals surface area contributed by atoms with E-state index in [0.717, 1.165) is 0 Å². The van der Waals surface area contributed by atoms with Crippen molar-refractivity contribution in [2.45, 2.75) is 72.1 Å². The Kier molecular flexibility index (Phi) is 5.66. The van der Waals surface area contributed by atoms with Crippen LogP contribution in [0.25, 0.3) is 0 Å². The van der Waals surface area contributed by atoms with Crippen LogP contribution >= 0.6 is 0 Å². The smallest absolute Gasteiger partial charge is 0.408 e. The summed E-state index contributed by atoms with van der Waals surface area (Å²) >= 11 is 0. The lowest BCUT2D eigenvalue weighted by Gasteiger charge is -2.35. The Bertz CT molecular complexity index is 476. The molecule has 1 fully saturated rings. The number of carboxylic acid groups (broad SMARTS) is 1. The summed E-state index contributed by atoms with van der Waals surface area (Å²) in [7, 11) is 0. The zero-order valence-electron chi connectivity index (χ0n) is 14.8. The number of alkyl carbamates (subject to hydrolysis) is 1. The first kappa shape index (κ1) is 19.3. The van der Waals surface area contributed by atoms with Crippen LogP contribution in [0.4, 0.5) is 4.79 Å². The van der Waals surface area contributed by atoms with Crippen LogP contribution in [0.5, 0.6) is 0 Å². The van der Waals surface area contributed by atoms with Crippen molar-refractivity contribution in [1.82, 2.24) is 10.2 Å². The normalized spacial score (nSPS) is 20.1. The molecule has 2 amide bonds. The third-order valence-corrected chi connectivity index (χ3v) is 3.59. The lowest BCUT2D eigenvalue weighted by Crippen LogP contribution is -2.57. The van der Waals surface area contributed by atoms with Gasteiger partial charge in [-0.3, -0.25) is 4.79 Å². The summed E-state index contributed by atoms with van der Waals surface area (Å²) < 4.78 is 5.21. The molecule has 0 aliphatic carbocycles. The van der Waals surface area contributed by atoms with Gasteiger partial charge in [0, 0.05) is 6.54 Å². The van der Waals surface area contributed by atoms with Crippen LogP contribution in [-0.2, 0) is 14.3 Å². The van der Waals surface area contributed by atoms with Crippen molar-refractivity contribution in [1.29, 1.82) is 0 Å². The first-order valence-corrected chi connectivity index (χ1v) is 7.86. The Morgan fingerprint density at radius 3 is 2.17 bits per heavy atom. The number of nitrogens with zero attached hydrogens (tertiary/aromatic N) is 1. The largest absolute Gasteiger partial charge is 0.480 e. The maximum Gasteiger partial charge on any atom is 0.408 e. The number of hydrogen-bond acceptors (Lipinski definition) is 4. The summed E-state index contributed by atoms with van der Waals surface area (Å²) in [5.74, 6) is -1.39. The number of aliphatic carboxylic acids is 1. The number of carboxylic acids is 1. The second-order valence-electron chi connectivity index (χ2n) is 7.97. The second kappa shape index (κ2) is 6.76. The Labute approximate surface area is 137 Å². The van der Waals surface area contributed by atoms with Crippen molar-refractivity contribution in [3.8, 4) is 0 Å². The van der Waals surface area contributed by atoms with Crippen molar-refractivity contribution in [3.63, 3.8) is 0 Å².